The Morgan fingerprint density at radius 1 is 0.931 bits per heavy atom. The van der Waals surface area contributed by atoms with E-state index >= 15 is 0 Å². The highest BCUT2D eigenvalue weighted by molar-refractivity contribution is 5.95. The summed E-state index contributed by atoms with van der Waals surface area (Å²) in [4.78, 5) is 61.6. The van der Waals surface area contributed by atoms with Crippen LogP contribution in [0.4, 0.5) is 0 Å². The number of nitrogens with two attached hydrogens (primary N) is 3. The second kappa shape index (κ2) is 12.9. The largest absolute Gasteiger partial charge is 0.481 e. The molecule has 0 radical (unpaired) electrons. The summed E-state index contributed by atoms with van der Waals surface area (Å²) < 4.78 is 0. The Hall–Kier alpha value is -3.42. The van der Waals surface area contributed by atoms with Gasteiger partial charge in [-0.1, -0.05) is 0 Å². The molecule has 164 valence electrons. The molecule has 0 aromatic rings. The SMILES string of the molecule is CC(N)C(=O)NC(CCCN=C(N)N)C(=O)NC(CC(=O)O)C(=O)NCC(=O)O. The van der Waals surface area contributed by atoms with Gasteiger partial charge in [0.25, 0.3) is 0 Å². The van der Waals surface area contributed by atoms with Crippen LogP contribution >= 0.6 is 0 Å². The van der Waals surface area contributed by atoms with Gasteiger partial charge in [-0.15, -0.1) is 0 Å². The summed E-state index contributed by atoms with van der Waals surface area (Å²) in [5.74, 6) is -5.38. The molecule has 3 amide bonds. The minimum atomic E-state index is -1.55. The molecule has 0 aliphatic heterocycles. The average molecular weight is 417 g/mol. The van der Waals surface area contributed by atoms with E-state index in [0.29, 0.717) is 0 Å². The van der Waals surface area contributed by atoms with E-state index in [4.69, 9.17) is 27.4 Å². The number of aliphatic imine (C=N–C) groups is 1. The number of carbonyl (C=O) groups excluding carboxylic acids is 3. The molecule has 0 aromatic heterocycles. The van der Waals surface area contributed by atoms with E-state index in [1.54, 1.807) is 0 Å². The fraction of sp³-hybridized carbons (Fsp3) is 0.600. The number of hydrogen-bond acceptors (Lipinski definition) is 7. The molecule has 3 atom stereocenters. The third-order valence-corrected chi connectivity index (χ3v) is 3.42. The van der Waals surface area contributed by atoms with E-state index in [1.807, 2.05) is 5.32 Å². The number of amides is 3. The first-order chi connectivity index (χ1) is 13.4. The molecule has 0 saturated carbocycles. The molecule has 0 fully saturated rings. The highest BCUT2D eigenvalue weighted by Gasteiger charge is 2.28. The van der Waals surface area contributed by atoms with Crippen molar-refractivity contribution in [1.29, 1.82) is 0 Å². The zero-order valence-electron chi connectivity index (χ0n) is 15.9. The van der Waals surface area contributed by atoms with Crippen molar-refractivity contribution in [3.05, 3.63) is 0 Å². The van der Waals surface area contributed by atoms with Crippen molar-refractivity contribution in [1.82, 2.24) is 16.0 Å². The first-order valence-corrected chi connectivity index (χ1v) is 8.57. The number of aliphatic carboxylic acids is 2. The highest BCUT2D eigenvalue weighted by atomic mass is 16.4. The van der Waals surface area contributed by atoms with E-state index < -0.39 is 60.8 Å². The second-order valence-electron chi connectivity index (χ2n) is 6.07. The zero-order valence-corrected chi connectivity index (χ0v) is 15.9. The molecule has 0 aliphatic rings. The molecular formula is C15H27N7O7. The van der Waals surface area contributed by atoms with Gasteiger partial charge in [-0.25, -0.2) is 0 Å². The summed E-state index contributed by atoms with van der Waals surface area (Å²) in [6, 6.07) is -3.62. The highest BCUT2D eigenvalue weighted by Crippen LogP contribution is 2.02. The van der Waals surface area contributed by atoms with Gasteiger partial charge in [0.2, 0.25) is 17.7 Å². The standard InChI is InChI=1S/C15H27N7O7/c1-7(16)12(27)21-8(3-2-4-19-15(17)18)14(29)22-9(5-10(23)24)13(28)20-6-11(25)26/h7-9H,2-6,16H2,1H3,(H,20,28)(H,21,27)(H,22,29)(H,23,24)(H,25,26)(H4,17,18,19). The molecular weight excluding hydrogens is 390 g/mol. The number of carboxylic acid groups (broad SMARTS) is 2. The molecule has 0 saturated heterocycles. The maximum Gasteiger partial charge on any atom is 0.322 e. The number of carbonyl (C=O) groups is 5. The lowest BCUT2D eigenvalue weighted by Gasteiger charge is -2.22. The van der Waals surface area contributed by atoms with Crippen molar-refractivity contribution in [2.75, 3.05) is 13.1 Å². The van der Waals surface area contributed by atoms with Crippen molar-refractivity contribution in [3.8, 4) is 0 Å². The van der Waals surface area contributed by atoms with E-state index in [2.05, 4.69) is 15.6 Å². The van der Waals surface area contributed by atoms with Crippen LogP contribution in [0.2, 0.25) is 0 Å². The Balaban J connectivity index is 5.21. The lowest BCUT2D eigenvalue weighted by atomic mass is 10.1. The fourth-order valence-electron chi connectivity index (χ4n) is 2.02. The molecule has 3 unspecified atom stereocenters. The lowest BCUT2D eigenvalue weighted by Crippen LogP contribution is -2.56. The van der Waals surface area contributed by atoms with Crippen LogP contribution in [-0.4, -0.2) is 77.0 Å². The van der Waals surface area contributed by atoms with Crippen LogP contribution in [0.1, 0.15) is 26.2 Å². The van der Waals surface area contributed by atoms with Gasteiger partial charge in [-0.2, -0.15) is 0 Å². The number of hydrogen-bond donors (Lipinski definition) is 8. The predicted octanol–water partition coefficient (Wildman–Crippen LogP) is -3.97. The minimum absolute atomic E-state index is 0.0671. The predicted molar refractivity (Wildman–Crippen MR) is 100 cm³/mol. The summed E-state index contributed by atoms with van der Waals surface area (Å²) in [5, 5.41) is 24.1. The Morgan fingerprint density at radius 2 is 1.52 bits per heavy atom. The van der Waals surface area contributed by atoms with Crippen molar-refractivity contribution >= 4 is 35.6 Å². The summed E-state index contributed by atoms with van der Waals surface area (Å²) in [7, 11) is 0. The van der Waals surface area contributed by atoms with Crippen LogP contribution in [0.5, 0.6) is 0 Å². The number of nitrogens with one attached hydrogen (secondary N) is 3. The third kappa shape index (κ3) is 11.8. The van der Waals surface area contributed by atoms with Gasteiger partial charge in [0.1, 0.15) is 18.6 Å². The molecule has 14 heteroatoms. The van der Waals surface area contributed by atoms with Crippen molar-refractivity contribution in [3.63, 3.8) is 0 Å². The summed E-state index contributed by atoms with van der Waals surface area (Å²) in [6.07, 6.45) is -0.444. The zero-order chi connectivity index (χ0) is 22.6. The Labute approximate surface area is 166 Å². The van der Waals surface area contributed by atoms with Gasteiger partial charge >= 0.3 is 11.9 Å². The first-order valence-electron chi connectivity index (χ1n) is 8.57. The third-order valence-electron chi connectivity index (χ3n) is 3.42. The summed E-state index contributed by atoms with van der Waals surface area (Å²) in [5.41, 5.74) is 15.9. The van der Waals surface area contributed by atoms with Gasteiger partial charge < -0.3 is 43.4 Å². The number of rotatable bonds is 13. The first kappa shape index (κ1) is 25.6. The van der Waals surface area contributed by atoms with Crippen LogP contribution in [0.15, 0.2) is 4.99 Å². The van der Waals surface area contributed by atoms with Crippen LogP contribution < -0.4 is 33.2 Å². The summed E-state index contributed by atoms with van der Waals surface area (Å²) in [6.45, 7) is 0.808. The molecule has 29 heavy (non-hydrogen) atoms. The molecule has 11 N–H and O–H groups in total. The van der Waals surface area contributed by atoms with Gasteiger partial charge in [0.15, 0.2) is 5.96 Å². The fourth-order valence-corrected chi connectivity index (χ4v) is 2.02. The van der Waals surface area contributed by atoms with Crippen LogP contribution in [0, 0.1) is 0 Å². The lowest BCUT2D eigenvalue weighted by molar-refractivity contribution is -0.141. The van der Waals surface area contributed by atoms with Crippen LogP contribution in [0.3, 0.4) is 0 Å². The van der Waals surface area contributed by atoms with Crippen molar-refractivity contribution < 1.29 is 34.2 Å². The molecule has 0 heterocycles. The summed E-state index contributed by atoms with van der Waals surface area (Å²) >= 11 is 0. The Morgan fingerprint density at radius 3 is 2.00 bits per heavy atom. The van der Waals surface area contributed by atoms with Crippen LogP contribution in [-0.2, 0) is 24.0 Å². The number of carboxylic acids is 2. The molecule has 0 bridgehead atoms. The smallest absolute Gasteiger partial charge is 0.322 e. The van der Waals surface area contributed by atoms with Gasteiger partial charge in [-0.3, -0.25) is 29.0 Å². The Kier molecular flexibility index (Phi) is 11.4. The van der Waals surface area contributed by atoms with Crippen LogP contribution in [0.25, 0.3) is 0 Å². The number of guanidine groups is 1. The Bertz CT molecular complexity index is 647. The minimum Gasteiger partial charge on any atom is -0.481 e. The van der Waals surface area contributed by atoms with E-state index in [9.17, 15) is 24.0 Å². The second-order valence-corrected chi connectivity index (χ2v) is 6.07. The monoisotopic (exact) mass is 417 g/mol. The maximum atomic E-state index is 12.5. The average Bonchev–Trinajstić information content (AvgIpc) is 2.60. The van der Waals surface area contributed by atoms with Gasteiger partial charge in [0, 0.05) is 6.54 Å². The van der Waals surface area contributed by atoms with E-state index in [0.717, 1.165) is 0 Å². The molecule has 0 aliphatic carbocycles. The molecule has 0 spiro atoms. The van der Waals surface area contributed by atoms with Gasteiger partial charge in [0.05, 0.1) is 12.5 Å². The van der Waals surface area contributed by atoms with Gasteiger partial charge in [-0.05, 0) is 19.8 Å². The quantitative estimate of drug-likeness (QED) is 0.0819. The molecule has 0 rings (SSSR count). The van der Waals surface area contributed by atoms with Crippen molar-refractivity contribution in [2.45, 2.75) is 44.3 Å². The normalized spacial score (nSPS) is 13.3. The van der Waals surface area contributed by atoms with Crippen molar-refractivity contribution in [2.24, 2.45) is 22.2 Å². The van der Waals surface area contributed by atoms with E-state index in [1.165, 1.54) is 6.92 Å². The van der Waals surface area contributed by atoms with E-state index in [-0.39, 0.29) is 25.3 Å². The number of nitrogens with zero attached hydrogens (tertiary/aromatic N) is 1. The maximum absolute atomic E-state index is 12.5. The molecule has 14 nitrogen and oxygen atoms in total. The topological polar surface area (TPSA) is 252 Å². The molecule has 0 aromatic carbocycles.